The number of imide groups is 1. The first kappa shape index (κ1) is 17.0. The Bertz CT molecular complexity index is 871. The van der Waals surface area contributed by atoms with Gasteiger partial charge < -0.3 is 4.74 Å². The van der Waals surface area contributed by atoms with Gasteiger partial charge in [0.1, 0.15) is 6.10 Å². The van der Waals surface area contributed by atoms with E-state index in [0.717, 1.165) is 12.8 Å². The molecule has 0 radical (unpaired) electrons. The molecule has 1 aromatic carbocycles. The van der Waals surface area contributed by atoms with Gasteiger partial charge in [0.25, 0.3) is 11.8 Å². The highest BCUT2D eigenvalue weighted by atomic mass is 35.5. The van der Waals surface area contributed by atoms with Crippen molar-refractivity contribution in [3.05, 3.63) is 45.5 Å². The average molecular weight is 372 g/mol. The lowest BCUT2D eigenvalue weighted by molar-refractivity contribution is -0.138. The molecular weight excluding hydrogens is 354 g/mol. The van der Waals surface area contributed by atoms with Crippen LogP contribution in [0.15, 0.2) is 34.9 Å². The van der Waals surface area contributed by atoms with E-state index in [0.29, 0.717) is 52.3 Å². The van der Waals surface area contributed by atoms with E-state index in [9.17, 15) is 14.4 Å². The van der Waals surface area contributed by atoms with Crippen LogP contribution in [-0.4, -0.2) is 23.9 Å². The van der Waals surface area contributed by atoms with Crippen LogP contribution < -0.4 is 4.90 Å². The summed E-state index contributed by atoms with van der Waals surface area (Å²) in [5.74, 6) is -0.830. The molecule has 6 heteroatoms. The predicted octanol–water partition coefficient (Wildman–Crippen LogP) is 3.80. The van der Waals surface area contributed by atoms with Crippen LogP contribution >= 0.6 is 11.6 Å². The molecule has 5 nitrogen and oxygen atoms in total. The number of halogens is 1. The number of ether oxygens (including phenoxy) is 1. The van der Waals surface area contributed by atoms with Crippen LogP contribution in [0.25, 0.3) is 6.08 Å². The largest absolute Gasteiger partial charge is 0.459 e. The van der Waals surface area contributed by atoms with Gasteiger partial charge >= 0.3 is 5.97 Å². The van der Waals surface area contributed by atoms with Crippen molar-refractivity contribution in [1.82, 2.24) is 0 Å². The number of rotatable bonds is 2. The first-order valence-corrected chi connectivity index (χ1v) is 9.15. The van der Waals surface area contributed by atoms with Crippen molar-refractivity contribution in [3.8, 4) is 0 Å². The number of amides is 2. The molecule has 1 aliphatic carbocycles. The third kappa shape index (κ3) is 2.76. The second-order valence-corrected chi connectivity index (χ2v) is 7.31. The molecule has 1 aromatic rings. The number of cyclic esters (lactones) is 1. The number of hydrogen-bond acceptors (Lipinski definition) is 4. The van der Waals surface area contributed by atoms with Crippen molar-refractivity contribution in [2.24, 2.45) is 0 Å². The topological polar surface area (TPSA) is 63.7 Å². The van der Waals surface area contributed by atoms with Crippen LogP contribution in [0.1, 0.15) is 44.6 Å². The molecule has 1 atom stereocenters. The number of hydrogen-bond donors (Lipinski definition) is 0. The van der Waals surface area contributed by atoms with Crippen LogP contribution in [0.4, 0.5) is 5.69 Å². The van der Waals surface area contributed by atoms with Crippen LogP contribution in [0.5, 0.6) is 0 Å². The van der Waals surface area contributed by atoms with Crippen LogP contribution in [0.3, 0.4) is 0 Å². The maximum absolute atomic E-state index is 12.7. The molecule has 2 heterocycles. The lowest BCUT2D eigenvalue weighted by Crippen LogP contribution is -2.31. The molecule has 2 amide bonds. The van der Waals surface area contributed by atoms with Crippen molar-refractivity contribution >= 4 is 41.1 Å². The Morgan fingerprint density at radius 3 is 2.35 bits per heavy atom. The summed E-state index contributed by atoms with van der Waals surface area (Å²) in [5.41, 5.74) is 2.89. The van der Waals surface area contributed by atoms with Gasteiger partial charge in [0.05, 0.1) is 5.69 Å². The van der Waals surface area contributed by atoms with Crippen molar-refractivity contribution < 1.29 is 19.1 Å². The highest BCUT2D eigenvalue weighted by molar-refractivity contribution is 6.34. The van der Waals surface area contributed by atoms with E-state index in [-0.39, 0.29) is 23.9 Å². The monoisotopic (exact) mass is 371 g/mol. The fraction of sp³-hybridized carbons (Fsp3) is 0.350. The van der Waals surface area contributed by atoms with Gasteiger partial charge in [-0.05, 0) is 62.4 Å². The second-order valence-electron chi connectivity index (χ2n) is 6.91. The highest BCUT2D eigenvalue weighted by Crippen LogP contribution is 2.37. The molecule has 0 N–H and O–H groups in total. The molecule has 134 valence electrons. The van der Waals surface area contributed by atoms with Gasteiger partial charge in [0.2, 0.25) is 0 Å². The maximum Gasteiger partial charge on any atom is 0.334 e. The minimum atomic E-state index is -0.357. The number of esters is 1. The van der Waals surface area contributed by atoms with Gasteiger partial charge in [0.15, 0.2) is 0 Å². The van der Waals surface area contributed by atoms with E-state index >= 15 is 0 Å². The first-order chi connectivity index (χ1) is 12.5. The minimum Gasteiger partial charge on any atom is -0.459 e. The molecule has 0 aromatic heterocycles. The normalized spacial score (nSPS) is 24.5. The molecule has 4 rings (SSSR count). The molecule has 0 bridgehead atoms. The van der Waals surface area contributed by atoms with Gasteiger partial charge in [-0.15, -0.1) is 0 Å². The van der Waals surface area contributed by atoms with E-state index in [2.05, 4.69) is 0 Å². The number of carbonyl (C=O) groups excluding carboxylic acids is 3. The van der Waals surface area contributed by atoms with Crippen molar-refractivity contribution in [2.45, 2.75) is 45.1 Å². The summed E-state index contributed by atoms with van der Waals surface area (Å²) in [5, 5.41) is 0.449. The molecule has 1 unspecified atom stereocenters. The second kappa shape index (κ2) is 6.40. The number of benzene rings is 1. The number of carbonyl (C=O) groups is 3. The van der Waals surface area contributed by atoms with Crippen LogP contribution in [0.2, 0.25) is 5.02 Å². The quantitative estimate of drug-likeness (QED) is 0.450. The first-order valence-electron chi connectivity index (χ1n) is 8.77. The highest BCUT2D eigenvalue weighted by Gasteiger charge is 2.39. The summed E-state index contributed by atoms with van der Waals surface area (Å²) in [6.07, 6.45) is 5.21. The molecule has 1 fully saturated rings. The lowest BCUT2D eigenvalue weighted by Gasteiger charge is -2.16. The van der Waals surface area contributed by atoms with E-state index in [1.54, 1.807) is 24.3 Å². The Morgan fingerprint density at radius 2 is 1.77 bits per heavy atom. The Kier molecular flexibility index (Phi) is 4.19. The van der Waals surface area contributed by atoms with Crippen molar-refractivity contribution in [2.75, 3.05) is 4.90 Å². The summed E-state index contributed by atoms with van der Waals surface area (Å²) in [6, 6.07) is 4.99. The Labute approximate surface area is 156 Å². The smallest absolute Gasteiger partial charge is 0.334 e. The summed E-state index contributed by atoms with van der Waals surface area (Å²) in [4.78, 5) is 38.5. The molecule has 2 aliphatic heterocycles. The van der Waals surface area contributed by atoms with Crippen molar-refractivity contribution in [3.63, 3.8) is 0 Å². The lowest BCUT2D eigenvalue weighted by atomic mass is 9.93. The number of nitrogens with zero attached hydrogens (tertiary/aromatic N) is 1. The summed E-state index contributed by atoms with van der Waals surface area (Å²) in [6.45, 7) is 1.83. The Morgan fingerprint density at radius 1 is 1.12 bits per heavy atom. The predicted molar refractivity (Wildman–Crippen MR) is 97.6 cm³/mol. The molecule has 3 aliphatic rings. The SMILES string of the molecule is CC1C/C(=C\c2cc(N3C(=O)C4=C(CCCC4)C3=O)ccc2Cl)C(=O)O1. The maximum atomic E-state index is 12.7. The van der Waals surface area contributed by atoms with Gasteiger partial charge in [-0.2, -0.15) is 0 Å². The van der Waals surface area contributed by atoms with E-state index < -0.39 is 0 Å². The zero-order chi connectivity index (χ0) is 18.4. The standard InChI is InChI=1S/C20H18ClNO4/c1-11-8-13(20(25)26-11)9-12-10-14(6-7-17(12)21)22-18(23)15-4-2-3-5-16(15)19(22)24/h6-7,9-11H,2-5,8H2,1H3/b13-9+. The minimum absolute atomic E-state index is 0.159. The fourth-order valence-electron chi connectivity index (χ4n) is 3.75. The molecule has 1 saturated heterocycles. The van der Waals surface area contributed by atoms with Crippen LogP contribution in [0, 0.1) is 0 Å². The molecule has 0 saturated carbocycles. The van der Waals surface area contributed by atoms with Gasteiger partial charge in [-0.3, -0.25) is 9.59 Å². The molecule has 0 spiro atoms. The van der Waals surface area contributed by atoms with Gasteiger partial charge in [-0.1, -0.05) is 11.6 Å². The van der Waals surface area contributed by atoms with E-state index in [1.165, 1.54) is 4.90 Å². The molecule has 26 heavy (non-hydrogen) atoms. The van der Waals surface area contributed by atoms with Gasteiger partial charge in [0, 0.05) is 28.2 Å². The Balaban J connectivity index is 1.69. The zero-order valence-corrected chi connectivity index (χ0v) is 15.1. The molecular formula is C20H18ClNO4. The Hall–Kier alpha value is -2.40. The summed E-state index contributed by atoms with van der Waals surface area (Å²) < 4.78 is 5.14. The number of anilines is 1. The van der Waals surface area contributed by atoms with Crippen LogP contribution in [-0.2, 0) is 19.1 Å². The summed E-state index contributed by atoms with van der Waals surface area (Å²) in [7, 11) is 0. The summed E-state index contributed by atoms with van der Waals surface area (Å²) >= 11 is 6.26. The van der Waals surface area contributed by atoms with E-state index in [4.69, 9.17) is 16.3 Å². The third-order valence-electron chi connectivity index (χ3n) is 5.04. The average Bonchev–Trinajstić information content (AvgIpc) is 3.07. The van der Waals surface area contributed by atoms with Gasteiger partial charge in [-0.25, -0.2) is 9.69 Å². The fourth-order valence-corrected chi connectivity index (χ4v) is 3.93. The van der Waals surface area contributed by atoms with E-state index in [1.807, 2.05) is 6.92 Å². The van der Waals surface area contributed by atoms with Crippen molar-refractivity contribution in [1.29, 1.82) is 0 Å². The third-order valence-corrected chi connectivity index (χ3v) is 5.38. The zero-order valence-electron chi connectivity index (χ0n) is 14.4.